The molecule has 19 heavy (non-hydrogen) atoms. The van der Waals surface area contributed by atoms with Gasteiger partial charge < -0.3 is 5.32 Å². The van der Waals surface area contributed by atoms with Gasteiger partial charge in [-0.25, -0.2) is 0 Å². The summed E-state index contributed by atoms with van der Waals surface area (Å²) in [5, 5.41) is 13.6. The Labute approximate surface area is 117 Å². The second-order valence-electron chi connectivity index (χ2n) is 5.18. The number of anilines is 1. The number of carbonyl (C=O) groups excluding carboxylic acids is 1. The number of benzene rings is 1. The fourth-order valence-electron chi connectivity index (χ4n) is 1.40. The molecule has 0 atom stereocenters. The number of halogens is 1. The molecular formula is C13H17ClN2O3. The molecule has 0 heterocycles. The average molecular weight is 285 g/mol. The Morgan fingerprint density at radius 3 is 2.37 bits per heavy atom. The Bertz CT molecular complexity index is 527. The molecule has 5 nitrogen and oxygen atoms in total. The highest BCUT2D eigenvalue weighted by molar-refractivity contribution is 6.20. The summed E-state index contributed by atoms with van der Waals surface area (Å²) in [6.07, 6.45) is 0. The van der Waals surface area contributed by atoms with E-state index < -0.39 is 10.3 Å². The highest BCUT2D eigenvalue weighted by Gasteiger charge is 2.28. The van der Waals surface area contributed by atoms with Gasteiger partial charge in [-0.2, -0.15) is 0 Å². The lowest BCUT2D eigenvalue weighted by molar-refractivity contribution is -0.384. The molecule has 0 radical (unpaired) electrons. The van der Waals surface area contributed by atoms with Crippen LogP contribution < -0.4 is 5.32 Å². The van der Waals surface area contributed by atoms with Gasteiger partial charge >= 0.3 is 0 Å². The minimum absolute atomic E-state index is 0.109. The van der Waals surface area contributed by atoms with Crippen molar-refractivity contribution in [1.29, 1.82) is 0 Å². The molecule has 0 aliphatic rings. The van der Waals surface area contributed by atoms with Crippen LogP contribution in [0, 0.1) is 29.4 Å². The zero-order valence-electron chi connectivity index (χ0n) is 11.4. The number of nitrogens with zero attached hydrogens (tertiary/aromatic N) is 1. The zero-order chi connectivity index (χ0) is 14.8. The molecule has 0 aliphatic heterocycles. The van der Waals surface area contributed by atoms with Crippen LogP contribution >= 0.6 is 11.6 Å². The summed E-state index contributed by atoms with van der Waals surface area (Å²) in [5.41, 5.74) is 0.998. The average Bonchev–Trinajstić information content (AvgIpc) is 2.32. The van der Waals surface area contributed by atoms with Crippen LogP contribution in [0.3, 0.4) is 0 Å². The second kappa shape index (κ2) is 5.57. The smallest absolute Gasteiger partial charge is 0.293 e. The van der Waals surface area contributed by atoms with Crippen LogP contribution in [0.15, 0.2) is 12.1 Å². The van der Waals surface area contributed by atoms with Crippen LogP contribution in [-0.2, 0) is 4.79 Å². The molecule has 0 aliphatic carbocycles. The lowest BCUT2D eigenvalue weighted by Gasteiger charge is -2.20. The third kappa shape index (κ3) is 3.44. The van der Waals surface area contributed by atoms with Crippen molar-refractivity contribution in [1.82, 2.24) is 0 Å². The van der Waals surface area contributed by atoms with E-state index in [1.54, 1.807) is 26.8 Å². The van der Waals surface area contributed by atoms with Crippen LogP contribution in [0.5, 0.6) is 0 Å². The highest BCUT2D eigenvalue weighted by atomic mass is 35.5. The van der Waals surface area contributed by atoms with E-state index in [2.05, 4.69) is 5.32 Å². The molecule has 0 saturated carbocycles. The van der Waals surface area contributed by atoms with E-state index in [1.807, 2.05) is 6.92 Å². The molecule has 6 heteroatoms. The molecule has 0 aromatic heterocycles. The van der Waals surface area contributed by atoms with Crippen LogP contribution in [-0.4, -0.2) is 16.7 Å². The van der Waals surface area contributed by atoms with Crippen molar-refractivity contribution >= 4 is 28.9 Å². The SMILES string of the molecule is Cc1cc(NC(=O)C(C)(C)CCl)c([N+](=O)[O-])cc1C. The van der Waals surface area contributed by atoms with Crippen LogP contribution in [0.4, 0.5) is 11.4 Å². The number of hydrogen-bond donors (Lipinski definition) is 1. The Kier molecular flexibility index (Phi) is 4.52. The van der Waals surface area contributed by atoms with Gasteiger partial charge in [0.1, 0.15) is 5.69 Å². The maximum absolute atomic E-state index is 12.0. The first-order chi connectivity index (χ1) is 8.69. The first-order valence-corrected chi connectivity index (χ1v) is 6.35. The predicted octanol–water partition coefficient (Wildman–Crippen LogP) is 3.42. The highest BCUT2D eigenvalue weighted by Crippen LogP contribution is 2.29. The van der Waals surface area contributed by atoms with E-state index in [1.165, 1.54) is 6.07 Å². The van der Waals surface area contributed by atoms with E-state index in [0.717, 1.165) is 11.1 Å². The largest absolute Gasteiger partial charge is 0.320 e. The maximum atomic E-state index is 12.0. The maximum Gasteiger partial charge on any atom is 0.293 e. The minimum atomic E-state index is -0.784. The van der Waals surface area contributed by atoms with Gasteiger partial charge in [0, 0.05) is 11.9 Å². The van der Waals surface area contributed by atoms with Gasteiger partial charge in [-0.1, -0.05) is 0 Å². The number of nitrogens with one attached hydrogen (secondary N) is 1. The number of amides is 1. The van der Waals surface area contributed by atoms with Gasteiger partial charge in [0.15, 0.2) is 0 Å². The summed E-state index contributed by atoms with van der Waals surface area (Å²) in [5.74, 6) is -0.203. The summed E-state index contributed by atoms with van der Waals surface area (Å²) < 4.78 is 0. The van der Waals surface area contributed by atoms with Crippen molar-refractivity contribution in [2.75, 3.05) is 11.2 Å². The van der Waals surface area contributed by atoms with E-state index in [9.17, 15) is 14.9 Å². The predicted molar refractivity (Wildman–Crippen MR) is 75.7 cm³/mol. The molecule has 0 fully saturated rings. The van der Waals surface area contributed by atoms with Crippen molar-refractivity contribution < 1.29 is 9.72 Å². The number of nitro groups is 1. The quantitative estimate of drug-likeness (QED) is 0.523. The second-order valence-corrected chi connectivity index (χ2v) is 5.45. The van der Waals surface area contributed by atoms with Crippen molar-refractivity contribution in [2.24, 2.45) is 5.41 Å². The van der Waals surface area contributed by atoms with Crippen molar-refractivity contribution in [3.8, 4) is 0 Å². The lowest BCUT2D eigenvalue weighted by atomic mass is 9.95. The van der Waals surface area contributed by atoms with E-state index >= 15 is 0 Å². The topological polar surface area (TPSA) is 72.2 Å². The Morgan fingerprint density at radius 2 is 1.89 bits per heavy atom. The molecule has 1 aromatic rings. The van der Waals surface area contributed by atoms with Crippen molar-refractivity contribution in [3.63, 3.8) is 0 Å². The molecular weight excluding hydrogens is 268 g/mol. The number of aryl methyl sites for hydroxylation is 2. The molecule has 1 amide bonds. The first kappa shape index (κ1) is 15.4. The molecule has 0 bridgehead atoms. The fraction of sp³-hybridized carbons (Fsp3) is 0.462. The normalized spacial score (nSPS) is 11.2. The number of carbonyl (C=O) groups is 1. The third-order valence-electron chi connectivity index (χ3n) is 3.01. The van der Waals surface area contributed by atoms with E-state index in [4.69, 9.17) is 11.6 Å². The lowest BCUT2D eigenvalue weighted by Crippen LogP contribution is -2.32. The molecule has 0 saturated heterocycles. The molecule has 0 spiro atoms. The molecule has 1 rings (SSSR count). The van der Waals surface area contributed by atoms with E-state index in [-0.39, 0.29) is 23.2 Å². The summed E-state index contributed by atoms with van der Waals surface area (Å²) in [6, 6.07) is 3.06. The fourth-order valence-corrected chi connectivity index (χ4v) is 1.53. The van der Waals surface area contributed by atoms with Gasteiger partial charge in [0.2, 0.25) is 5.91 Å². The Balaban J connectivity index is 3.17. The number of rotatable bonds is 4. The Morgan fingerprint density at radius 1 is 1.37 bits per heavy atom. The molecule has 104 valence electrons. The first-order valence-electron chi connectivity index (χ1n) is 5.82. The van der Waals surface area contributed by atoms with Gasteiger partial charge in [0.25, 0.3) is 5.69 Å². The van der Waals surface area contributed by atoms with Gasteiger partial charge in [-0.3, -0.25) is 14.9 Å². The van der Waals surface area contributed by atoms with E-state index in [0.29, 0.717) is 0 Å². The number of nitro benzene ring substituents is 1. The third-order valence-corrected chi connectivity index (χ3v) is 3.67. The van der Waals surface area contributed by atoms with Crippen molar-refractivity contribution in [3.05, 3.63) is 33.4 Å². The number of hydrogen-bond acceptors (Lipinski definition) is 3. The summed E-state index contributed by atoms with van der Waals surface area (Å²) in [4.78, 5) is 22.5. The summed E-state index contributed by atoms with van der Waals surface area (Å²) in [7, 11) is 0. The molecule has 1 N–H and O–H groups in total. The van der Waals surface area contributed by atoms with Gasteiger partial charge in [0.05, 0.1) is 10.3 Å². The van der Waals surface area contributed by atoms with Crippen LogP contribution in [0.1, 0.15) is 25.0 Å². The molecule has 1 aromatic carbocycles. The van der Waals surface area contributed by atoms with Crippen LogP contribution in [0.2, 0.25) is 0 Å². The summed E-state index contributed by atoms with van der Waals surface area (Å²) in [6.45, 7) is 6.99. The van der Waals surface area contributed by atoms with Gasteiger partial charge in [-0.05, 0) is 44.9 Å². The minimum Gasteiger partial charge on any atom is -0.320 e. The standard InChI is InChI=1S/C13H17ClN2O3/c1-8-5-10(11(16(18)19)6-9(8)2)15-12(17)13(3,4)7-14/h5-6H,7H2,1-4H3,(H,15,17). The van der Waals surface area contributed by atoms with Crippen LogP contribution in [0.25, 0.3) is 0 Å². The Hall–Kier alpha value is -1.62. The van der Waals surface area contributed by atoms with Crippen molar-refractivity contribution in [2.45, 2.75) is 27.7 Å². The number of alkyl halides is 1. The zero-order valence-corrected chi connectivity index (χ0v) is 12.2. The monoisotopic (exact) mass is 284 g/mol. The van der Waals surface area contributed by atoms with Gasteiger partial charge in [-0.15, -0.1) is 11.6 Å². The molecule has 0 unspecified atom stereocenters. The summed E-state index contributed by atoms with van der Waals surface area (Å²) >= 11 is 5.72.